The van der Waals surface area contributed by atoms with Gasteiger partial charge in [-0.25, -0.2) is 4.98 Å². The molecule has 1 amide bonds. The predicted octanol–water partition coefficient (Wildman–Crippen LogP) is 3.62. The Hall–Kier alpha value is -3.24. The van der Waals surface area contributed by atoms with E-state index in [4.69, 9.17) is 4.74 Å². The molecule has 0 radical (unpaired) electrons. The third kappa shape index (κ3) is 4.23. The number of likely N-dealkylation sites (tertiary alicyclic amines) is 1. The lowest BCUT2D eigenvalue weighted by atomic mass is 9.95. The molecule has 2 aromatic carbocycles. The number of benzene rings is 2. The number of methoxy groups -OCH3 is 1. The number of amides is 1. The molecule has 0 saturated carbocycles. The van der Waals surface area contributed by atoms with E-state index in [0.29, 0.717) is 42.5 Å². The maximum atomic E-state index is 12.8. The Labute approximate surface area is 196 Å². The fourth-order valence-electron chi connectivity index (χ4n) is 4.10. The van der Waals surface area contributed by atoms with Gasteiger partial charge in [-0.15, -0.1) is 15.7 Å². The number of anilines is 1. The van der Waals surface area contributed by atoms with E-state index in [1.54, 1.807) is 25.3 Å². The largest absolute Gasteiger partial charge is 0.497 e. The van der Waals surface area contributed by atoms with E-state index >= 15 is 0 Å². The van der Waals surface area contributed by atoms with Crippen LogP contribution in [0.3, 0.4) is 0 Å². The van der Waals surface area contributed by atoms with Crippen molar-refractivity contribution in [3.63, 3.8) is 0 Å². The lowest BCUT2D eigenvalue weighted by Crippen LogP contribution is -2.41. The van der Waals surface area contributed by atoms with Crippen LogP contribution in [0, 0.1) is 5.92 Å². The Morgan fingerprint density at radius 2 is 1.85 bits per heavy atom. The van der Waals surface area contributed by atoms with Gasteiger partial charge in [0.25, 0.3) is 10.0 Å². The van der Waals surface area contributed by atoms with Crippen molar-refractivity contribution in [2.45, 2.75) is 17.7 Å². The van der Waals surface area contributed by atoms with E-state index in [9.17, 15) is 13.2 Å². The van der Waals surface area contributed by atoms with Crippen molar-refractivity contribution in [3.8, 4) is 17.0 Å². The van der Waals surface area contributed by atoms with Crippen molar-refractivity contribution >= 4 is 38.2 Å². The summed E-state index contributed by atoms with van der Waals surface area (Å²) in [5.41, 5.74) is 2.38. The van der Waals surface area contributed by atoms with Gasteiger partial charge in [0.1, 0.15) is 10.6 Å². The number of thiazole rings is 1. The van der Waals surface area contributed by atoms with Crippen molar-refractivity contribution < 1.29 is 17.9 Å². The SMILES string of the molecule is COc1ccc(-c2csc(NC(=O)C3CCN(C4=NS(=O)(=O)c5ccccc54)CC3)n2)cc1. The summed E-state index contributed by atoms with van der Waals surface area (Å²) in [5.74, 6) is 1.03. The highest BCUT2D eigenvalue weighted by molar-refractivity contribution is 7.90. The van der Waals surface area contributed by atoms with Gasteiger partial charge in [0.15, 0.2) is 11.0 Å². The topological polar surface area (TPSA) is 101 Å². The van der Waals surface area contributed by atoms with Gasteiger partial charge in [-0.2, -0.15) is 8.42 Å². The molecule has 2 aliphatic heterocycles. The summed E-state index contributed by atoms with van der Waals surface area (Å²) in [6.07, 6.45) is 1.23. The smallest absolute Gasteiger partial charge is 0.285 e. The molecule has 0 bridgehead atoms. The number of hydrogen-bond acceptors (Lipinski definition) is 7. The average Bonchev–Trinajstić information content (AvgIpc) is 3.41. The van der Waals surface area contributed by atoms with Gasteiger partial charge >= 0.3 is 0 Å². The van der Waals surface area contributed by atoms with Crippen molar-refractivity contribution in [3.05, 3.63) is 59.5 Å². The maximum absolute atomic E-state index is 12.8. The van der Waals surface area contributed by atoms with Crippen LogP contribution >= 0.6 is 11.3 Å². The van der Waals surface area contributed by atoms with E-state index in [-0.39, 0.29) is 16.7 Å². The van der Waals surface area contributed by atoms with Crippen LogP contribution in [0.4, 0.5) is 5.13 Å². The zero-order chi connectivity index (χ0) is 23.0. The molecule has 3 aromatic rings. The van der Waals surface area contributed by atoms with Gasteiger partial charge in [-0.05, 0) is 49.2 Å². The second-order valence-corrected chi connectivity index (χ2v) is 10.3. The van der Waals surface area contributed by atoms with Crippen LogP contribution < -0.4 is 10.1 Å². The van der Waals surface area contributed by atoms with Crippen molar-refractivity contribution in [2.75, 3.05) is 25.5 Å². The summed E-state index contributed by atoms with van der Waals surface area (Å²) in [5, 5.41) is 5.41. The third-order valence-electron chi connectivity index (χ3n) is 5.90. The standard InChI is InChI=1S/C23H22N4O4S2/c1-31-17-8-6-15(7-9-17)19-14-32-23(24-19)25-22(28)16-10-12-27(13-11-16)21-18-4-2-3-5-20(18)33(29,30)26-21/h2-9,14,16H,10-13H2,1H3,(H,24,25,28). The molecule has 8 nitrogen and oxygen atoms in total. The number of rotatable bonds is 4. The van der Waals surface area contributed by atoms with Crippen LogP contribution in [0.5, 0.6) is 5.75 Å². The van der Waals surface area contributed by atoms with Gasteiger partial charge in [0.2, 0.25) is 5.91 Å². The molecule has 1 N–H and O–H groups in total. The summed E-state index contributed by atoms with van der Waals surface area (Å²) in [4.78, 5) is 19.6. The molecular weight excluding hydrogens is 460 g/mol. The number of carbonyl (C=O) groups excluding carboxylic acids is 1. The Balaban J connectivity index is 1.21. The fraction of sp³-hybridized carbons (Fsp3) is 0.261. The Morgan fingerprint density at radius 3 is 2.58 bits per heavy atom. The van der Waals surface area contributed by atoms with Crippen LogP contribution in [0.15, 0.2) is 63.2 Å². The molecule has 1 aromatic heterocycles. The van der Waals surface area contributed by atoms with Gasteiger partial charge in [-0.1, -0.05) is 12.1 Å². The number of piperidine rings is 1. The first-order chi connectivity index (χ1) is 15.9. The van der Waals surface area contributed by atoms with Crippen LogP contribution in [-0.4, -0.2) is 50.2 Å². The third-order valence-corrected chi connectivity index (χ3v) is 7.98. The molecule has 0 spiro atoms. The minimum Gasteiger partial charge on any atom is -0.497 e. The summed E-state index contributed by atoms with van der Waals surface area (Å²) in [7, 11) is -2.02. The molecule has 5 rings (SSSR count). The summed E-state index contributed by atoms with van der Waals surface area (Å²) >= 11 is 1.39. The molecule has 1 saturated heterocycles. The lowest BCUT2D eigenvalue weighted by molar-refractivity contribution is -0.120. The first-order valence-electron chi connectivity index (χ1n) is 10.5. The zero-order valence-electron chi connectivity index (χ0n) is 17.9. The van der Waals surface area contributed by atoms with Gasteiger partial charge in [0.05, 0.1) is 12.8 Å². The van der Waals surface area contributed by atoms with Crippen molar-refractivity contribution in [1.82, 2.24) is 9.88 Å². The van der Waals surface area contributed by atoms with Gasteiger partial charge in [0, 0.05) is 35.5 Å². The first kappa shape index (κ1) is 21.6. The van der Waals surface area contributed by atoms with E-state index in [0.717, 1.165) is 17.0 Å². The predicted molar refractivity (Wildman–Crippen MR) is 127 cm³/mol. The van der Waals surface area contributed by atoms with E-state index < -0.39 is 10.0 Å². The molecule has 0 unspecified atom stereocenters. The molecule has 1 fully saturated rings. The second-order valence-electron chi connectivity index (χ2n) is 7.90. The molecule has 170 valence electrons. The van der Waals surface area contributed by atoms with E-state index in [1.165, 1.54) is 11.3 Å². The molecule has 2 aliphatic rings. The fourth-order valence-corrected chi connectivity index (χ4v) is 6.05. The zero-order valence-corrected chi connectivity index (χ0v) is 19.5. The van der Waals surface area contributed by atoms with Crippen molar-refractivity contribution in [1.29, 1.82) is 0 Å². The molecule has 0 aliphatic carbocycles. The van der Waals surface area contributed by atoms with Gasteiger partial charge in [-0.3, -0.25) is 4.79 Å². The van der Waals surface area contributed by atoms with Crippen LogP contribution in [0.2, 0.25) is 0 Å². The number of amidine groups is 1. The number of nitrogens with zero attached hydrogens (tertiary/aromatic N) is 3. The van der Waals surface area contributed by atoms with E-state index in [2.05, 4.69) is 14.7 Å². The number of ether oxygens (including phenoxy) is 1. The van der Waals surface area contributed by atoms with E-state index in [1.807, 2.05) is 40.6 Å². The summed E-state index contributed by atoms with van der Waals surface area (Å²) in [6.45, 7) is 1.13. The maximum Gasteiger partial charge on any atom is 0.285 e. The number of sulfonamides is 1. The molecule has 0 atom stereocenters. The Morgan fingerprint density at radius 1 is 1.12 bits per heavy atom. The quantitative estimate of drug-likeness (QED) is 0.610. The number of fused-ring (bicyclic) bond motifs is 1. The monoisotopic (exact) mass is 482 g/mol. The highest BCUT2D eigenvalue weighted by atomic mass is 32.2. The van der Waals surface area contributed by atoms with Crippen LogP contribution in [0.25, 0.3) is 11.3 Å². The number of hydrogen-bond donors (Lipinski definition) is 1. The average molecular weight is 483 g/mol. The number of aromatic nitrogens is 1. The van der Waals surface area contributed by atoms with Gasteiger partial charge < -0.3 is 15.0 Å². The Kier molecular flexibility index (Phi) is 5.63. The van der Waals surface area contributed by atoms with Crippen LogP contribution in [-0.2, 0) is 14.8 Å². The normalized spacial score (nSPS) is 17.4. The summed E-state index contributed by atoms with van der Waals surface area (Å²) in [6, 6.07) is 14.5. The molecule has 3 heterocycles. The molecular formula is C23H22N4O4S2. The van der Waals surface area contributed by atoms with Crippen LogP contribution in [0.1, 0.15) is 18.4 Å². The summed E-state index contributed by atoms with van der Waals surface area (Å²) < 4.78 is 33.8. The first-order valence-corrected chi connectivity index (χ1v) is 12.9. The lowest BCUT2D eigenvalue weighted by Gasteiger charge is -2.32. The Bertz CT molecular complexity index is 1320. The second kappa shape index (κ2) is 8.60. The minimum atomic E-state index is -3.65. The number of nitrogens with one attached hydrogen (secondary N) is 1. The minimum absolute atomic E-state index is 0.0633. The highest BCUT2D eigenvalue weighted by Gasteiger charge is 2.34. The molecule has 33 heavy (non-hydrogen) atoms. The van der Waals surface area contributed by atoms with Crippen molar-refractivity contribution in [2.24, 2.45) is 10.3 Å². The number of carbonyl (C=O) groups is 1. The molecule has 10 heteroatoms. The highest BCUT2D eigenvalue weighted by Crippen LogP contribution is 2.31.